The first-order valence-electron chi connectivity index (χ1n) is 7.44. The van der Waals surface area contributed by atoms with Gasteiger partial charge in [0.15, 0.2) is 5.16 Å². The van der Waals surface area contributed by atoms with Gasteiger partial charge >= 0.3 is 0 Å². The molecular formula is C17H13ClN4O3S. The van der Waals surface area contributed by atoms with E-state index in [0.717, 1.165) is 16.1 Å². The third-order valence-electron chi connectivity index (χ3n) is 3.50. The highest BCUT2D eigenvalue weighted by molar-refractivity contribution is 7.99. The fraction of sp³-hybridized carbons (Fsp3) is 0.0588. The summed E-state index contributed by atoms with van der Waals surface area (Å²) in [6.07, 6.45) is 3.59. The van der Waals surface area contributed by atoms with Gasteiger partial charge in [-0.25, -0.2) is 4.98 Å². The molecule has 0 saturated carbocycles. The van der Waals surface area contributed by atoms with Crippen molar-refractivity contribution in [1.82, 2.24) is 9.55 Å². The van der Waals surface area contributed by atoms with Crippen LogP contribution >= 0.6 is 23.4 Å². The van der Waals surface area contributed by atoms with E-state index in [-0.39, 0.29) is 16.3 Å². The van der Waals surface area contributed by atoms with E-state index in [1.165, 1.54) is 23.9 Å². The highest BCUT2D eigenvalue weighted by Gasteiger charge is 2.16. The molecule has 0 spiro atoms. The second kappa shape index (κ2) is 7.59. The van der Waals surface area contributed by atoms with Gasteiger partial charge in [0.1, 0.15) is 5.02 Å². The van der Waals surface area contributed by atoms with Crippen LogP contribution in [0.15, 0.2) is 64.9 Å². The highest BCUT2D eigenvalue weighted by Crippen LogP contribution is 2.28. The maximum absolute atomic E-state index is 12.3. The summed E-state index contributed by atoms with van der Waals surface area (Å²) < 4.78 is 1.91. The molecule has 0 radical (unpaired) electrons. The number of anilines is 1. The van der Waals surface area contributed by atoms with Crippen LogP contribution in [0.25, 0.3) is 0 Å². The lowest BCUT2D eigenvalue weighted by Crippen LogP contribution is -2.12. The van der Waals surface area contributed by atoms with E-state index in [1.54, 1.807) is 18.3 Å². The van der Waals surface area contributed by atoms with Crippen LogP contribution in [0.1, 0.15) is 10.4 Å². The molecular weight excluding hydrogens is 376 g/mol. The monoisotopic (exact) mass is 388 g/mol. The summed E-state index contributed by atoms with van der Waals surface area (Å²) in [6.45, 7) is 0. The molecule has 0 saturated heterocycles. The second-order valence-electron chi connectivity index (χ2n) is 5.32. The summed E-state index contributed by atoms with van der Waals surface area (Å²) in [5.74, 6) is -0.450. The smallest absolute Gasteiger partial charge is 0.288 e. The number of hydrogen-bond donors (Lipinski definition) is 1. The summed E-state index contributed by atoms with van der Waals surface area (Å²) in [4.78, 5) is 27.8. The van der Waals surface area contributed by atoms with Gasteiger partial charge in [0.05, 0.1) is 4.92 Å². The molecule has 26 heavy (non-hydrogen) atoms. The molecule has 0 aliphatic heterocycles. The van der Waals surface area contributed by atoms with Crippen molar-refractivity contribution < 1.29 is 9.72 Å². The first-order chi connectivity index (χ1) is 12.4. The van der Waals surface area contributed by atoms with Gasteiger partial charge in [-0.05, 0) is 36.4 Å². The number of nitro benzene ring substituents is 1. The van der Waals surface area contributed by atoms with Crippen LogP contribution in [0.5, 0.6) is 0 Å². The van der Waals surface area contributed by atoms with Crippen molar-refractivity contribution in [2.45, 2.75) is 10.1 Å². The molecule has 1 amide bonds. The molecule has 3 aromatic rings. The number of hydrogen-bond acceptors (Lipinski definition) is 5. The van der Waals surface area contributed by atoms with Crippen LogP contribution in [0.2, 0.25) is 5.02 Å². The number of halogens is 1. The lowest BCUT2D eigenvalue weighted by atomic mass is 10.2. The highest BCUT2D eigenvalue weighted by atomic mass is 35.5. The molecule has 2 aromatic carbocycles. The standard InChI is InChI=1S/C17H13ClN4O3S/c1-21-9-8-19-17(21)26-13-5-3-12(4-6-13)20-16(23)11-2-7-14(18)15(10-11)22(24)25/h2-10H,1H3,(H,20,23). The third kappa shape index (κ3) is 4.04. The molecule has 0 aliphatic carbocycles. The molecule has 0 aliphatic rings. The van der Waals surface area contributed by atoms with E-state index in [2.05, 4.69) is 10.3 Å². The van der Waals surface area contributed by atoms with E-state index in [9.17, 15) is 14.9 Å². The van der Waals surface area contributed by atoms with Gasteiger partial charge in [-0.1, -0.05) is 23.4 Å². The summed E-state index contributed by atoms with van der Waals surface area (Å²) in [7, 11) is 1.91. The Hall–Kier alpha value is -2.84. The molecule has 0 bridgehead atoms. The van der Waals surface area contributed by atoms with Gasteiger partial charge in [0, 0.05) is 41.7 Å². The zero-order valence-electron chi connectivity index (χ0n) is 13.5. The Bertz CT molecular complexity index is 972. The Morgan fingerprint density at radius 3 is 2.62 bits per heavy atom. The van der Waals surface area contributed by atoms with Crippen LogP contribution in [-0.4, -0.2) is 20.4 Å². The molecule has 0 unspecified atom stereocenters. The Kier molecular flexibility index (Phi) is 5.24. The molecule has 1 aromatic heterocycles. The maximum atomic E-state index is 12.3. The predicted octanol–water partition coefficient (Wildman–Crippen LogP) is 4.39. The van der Waals surface area contributed by atoms with Crippen molar-refractivity contribution in [2.75, 3.05) is 5.32 Å². The van der Waals surface area contributed by atoms with Crippen molar-refractivity contribution in [1.29, 1.82) is 0 Å². The third-order valence-corrected chi connectivity index (χ3v) is 4.91. The number of aromatic nitrogens is 2. The number of benzene rings is 2. The molecule has 3 rings (SSSR count). The number of nitro groups is 1. The van der Waals surface area contributed by atoms with Gasteiger partial charge in [0.2, 0.25) is 0 Å². The van der Waals surface area contributed by atoms with Crippen molar-refractivity contribution in [3.05, 3.63) is 75.6 Å². The Morgan fingerprint density at radius 2 is 2.00 bits per heavy atom. The van der Waals surface area contributed by atoms with Gasteiger partial charge in [-0.3, -0.25) is 14.9 Å². The number of nitrogens with zero attached hydrogens (tertiary/aromatic N) is 3. The summed E-state index contributed by atoms with van der Waals surface area (Å²) in [5.41, 5.74) is 0.436. The van der Waals surface area contributed by atoms with Gasteiger partial charge in [-0.2, -0.15) is 0 Å². The fourth-order valence-electron chi connectivity index (χ4n) is 2.16. The van der Waals surface area contributed by atoms with E-state index in [0.29, 0.717) is 5.69 Å². The van der Waals surface area contributed by atoms with E-state index >= 15 is 0 Å². The van der Waals surface area contributed by atoms with Crippen molar-refractivity contribution in [3.8, 4) is 0 Å². The second-order valence-corrected chi connectivity index (χ2v) is 6.77. The normalized spacial score (nSPS) is 10.5. The van der Waals surface area contributed by atoms with Crippen molar-refractivity contribution >= 4 is 40.6 Å². The molecule has 132 valence electrons. The topological polar surface area (TPSA) is 90.1 Å². The zero-order chi connectivity index (χ0) is 18.7. The van der Waals surface area contributed by atoms with E-state index in [4.69, 9.17) is 11.6 Å². The van der Waals surface area contributed by atoms with Gasteiger partial charge < -0.3 is 9.88 Å². The number of amides is 1. The van der Waals surface area contributed by atoms with Gasteiger partial charge in [-0.15, -0.1) is 0 Å². The van der Waals surface area contributed by atoms with Crippen molar-refractivity contribution in [2.24, 2.45) is 7.05 Å². The summed E-state index contributed by atoms with van der Waals surface area (Å²) >= 11 is 7.26. The minimum atomic E-state index is -0.622. The molecule has 9 heteroatoms. The average Bonchev–Trinajstić information content (AvgIpc) is 3.01. The number of nitrogens with one attached hydrogen (secondary N) is 1. The Morgan fingerprint density at radius 1 is 1.27 bits per heavy atom. The number of rotatable bonds is 5. The number of aryl methyl sites for hydroxylation is 1. The lowest BCUT2D eigenvalue weighted by Gasteiger charge is -2.07. The summed E-state index contributed by atoms with van der Waals surface area (Å²) in [5, 5.41) is 14.5. The quantitative estimate of drug-likeness (QED) is 0.517. The Balaban J connectivity index is 1.71. The number of imidazole rings is 1. The molecule has 1 N–H and O–H groups in total. The molecule has 1 heterocycles. The van der Waals surface area contributed by atoms with Crippen LogP contribution < -0.4 is 5.32 Å². The molecule has 0 atom stereocenters. The first kappa shape index (κ1) is 18.0. The van der Waals surface area contributed by atoms with E-state index < -0.39 is 10.8 Å². The van der Waals surface area contributed by atoms with Crippen LogP contribution in [0.4, 0.5) is 11.4 Å². The fourth-order valence-corrected chi connectivity index (χ4v) is 3.15. The largest absolute Gasteiger partial charge is 0.329 e. The lowest BCUT2D eigenvalue weighted by molar-refractivity contribution is -0.384. The van der Waals surface area contributed by atoms with Crippen LogP contribution in [-0.2, 0) is 7.05 Å². The minimum absolute atomic E-state index is 0.0118. The van der Waals surface area contributed by atoms with Crippen LogP contribution in [0.3, 0.4) is 0 Å². The zero-order valence-corrected chi connectivity index (χ0v) is 15.1. The molecule has 0 fully saturated rings. The predicted molar refractivity (Wildman–Crippen MR) is 99.8 cm³/mol. The SMILES string of the molecule is Cn1ccnc1Sc1ccc(NC(=O)c2ccc(Cl)c([N+](=O)[O-])c2)cc1. The average molecular weight is 389 g/mol. The molecule has 7 nitrogen and oxygen atoms in total. The van der Waals surface area contributed by atoms with Gasteiger partial charge in [0.25, 0.3) is 11.6 Å². The Labute approximate surface area is 158 Å². The summed E-state index contributed by atoms with van der Waals surface area (Å²) in [6, 6.07) is 11.2. The van der Waals surface area contributed by atoms with Crippen LogP contribution in [0, 0.1) is 10.1 Å². The number of carbonyl (C=O) groups is 1. The first-order valence-corrected chi connectivity index (χ1v) is 8.64. The minimum Gasteiger partial charge on any atom is -0.329 e. The maximum Gasteiger partial charge on any atom is 0.288 e. The number of carbonyl (C=O) groups excluding carboxylic acids is 1. The van der Waals surface area contributed by atoms with E-state index in [1.807, 2.05) is 29.9 Å². The van der Waals surface area contributed by atoms with Crippen molar-refractivity contribution in [3.63, 3.8) is 0 Å².